The quantitative estimate of drug-likeness (QED) is 0.780. The fourth-order valence-corrected chi connectivity index (χ4v) is 2.08. The van der Waals surface area contributed by atoms with Crippen LogP contribution in [0.15, 0.2) is 42.7 Å². The number of carbonyl (C=O) groups excluding carboxylic acids is 1. The molecule has 0 aliphatic carbocycles. The van der Waals surface area contributed by atoms with Crippen LogP contribution >= 0.6 is 0 Å². The Hall–Kier alpha value is -2.89. The third-order valence-electron chi connectivity index (χ3n) is 3.08. The van der Waals surface area contributed by atoms with E-state index in [1.165, 1.54) is 6.33 Å². The third kappa shape index (κ3) is 1.87. The molecule has 6 heteroatoms. The Morgan fingerprint density at radius 2 is 1.95 bits per heavy atom. The van der Waals surface area contributed by atoms with Crippen molar-refractivity contribution in [2.24, 2.45) is 5.73 Å². The first-order chi connectivity index (χ1) is 9.70. The van der Waals surface area contributed by atoms with Crippen LogP contribution in [0.25, 0.3) is 16.9 Å². The van der Waals surface area contributed by atoms with Crippen molar-refractivity contribution in [1.82, 2.24) is 14.6 Å². The van der Waals surface area contributed by atoms with Crippen molar-refractivity contribution in [1.29, 1.82) is 0 Å². The molecule has 3 aromatic rings. The van der Waals surface area contributed by atoms with Gasteiger partial charge in [-0.3, -0.25) is 4.79 Å². The molecule has 3 rings (SSSR count). The predicted octanol–water partition coefficient (Wildman–Crippen LogP) is 1.50. The number of benzene rings is 1. The highest BCUT2D eigenvalue weighted by Gasteiger charge is 2.13. The minimum Gasteiger partial charge on any atom is -0.497 e. The SMILES string of the molecule is COc1ccc(-c2ccc(C(N)=O)c3ncnn23)cc1. The minimum absolute atomic E-state index is 0.347. The zero-order valence-corrected chi connectivity index (χ0v) is 10.8. The summed E-state index contributed by atoms with van der Waals surface area (Å²) in [6.45, 7) is 0. The molecular weight excluding hydrogens is 256 g/mol. The Morgan fingerprint density at radius 3 is 2.60 bits per heavy atom. The molecule has 6 nitrogen and oxygen atoms in total. The molecule has 0 bridgehead atoms. The number of amides is 1. The van der Waals surface area contributed by atoms with E-state index in [9.17, 15) is 4.79 Å². The number of nitrogens with zero attached hydrogens (tertiary/aromatic N) is 3. The number of methoxy groups -OCH3 is 1. The van der Waals surface area contributed by atoms with Gasteiger partial charge in [-0.25, -0.2) is 9.50 Å². The van der Waals surface area contributed by atoms with E-state index in [0.717, 1.165) is 17.0 Å². The zero-order chi connectivity index (χ0) is 14.1. The highest BCUT2D eigenvalue weighted by Crippen LogP contribution is 2.23. The Balaban J connectivity index is 2.19. The molecule has 2 N–H and O–H groups in total. The molecule has 0 atom stereocenters. The van der Waals surface area contributed by atoms with E-state index in [0.29, 0.717) is 11.2 Å². The normalized spacial score (nSPS) is 10.7. The maximum Gasteiger partial charge on any atom is 0.252 e. The molecule has 0 saturated carbocycles. The highest BCUT2D eigenvalue weighted by atomic mass is 16.5. The molecule has 1 aromatic carbocycles. The van der Waals surface area contributed by atoms with Crippen LogP contribution in [0.4, 0.5) is 0 Å². The predicted molar refractivity (Wildman–Crippen MR) is 73.5 cm³/mol. The first-order valence-electron chi connectivity index (χ1n) is 5.97. The molecule has 100 valence electrons. The van der Waals surface area contributed by atoms with Gasteiger partial charge in [0.05, 0.1) is 18.4 Å². The monoisotopic (exact) mass is 268 g/mol. The second-order valence-electron chi connectivity index (χ2n) is 4.22. The van der Waals surface area contributed by atoms with Crippen LogP contribution in [0.3, 0.4) is 0 Å². The van der Waals surface area contributed by atoms with Crippen molar-refractivity contribution in [3.05, 3.63) is 48.3 Å². The standard InChI is InChI=1S/C14H12N4O2/c1-20-10-4-2-9(3-5-10)12-7-6-11(13(15)19)14-16-8-17-18(12)14/h2-8H,1H3,(H2,15,19). The van der Waals surface area contributed by atoms with Crippen LogP contribution in [0.1, 0.15) is 10.4 Å². The molecule has 0 unspecified atom stereocenters. The van der Waals surface area contributed by atoms with Crippen molar-refractivity contribution in [3.63, 3.8) is 0 Å². The lowest BCUT2D eigenvalue weighted by Crippen LogP contribution is -2.13. The van der Waals surface area contributed by atoms with Gasteiger partial charge in [0.2, 0.25) is 0 Å². The van der Waals surface area contributed by atoms with Crippen LogP contribution in [0, 0.1) is 0 Å². The minimum atomic E-state index is -0.524. The van der Waals surface area contributed by atoms with Gasteiger partial charge in [0.25, 0.3) is 5.91 Å². The Bertz CT molecular complexity index is 777. The van der Waals surface area contributed by atoms with Gasteiger partial charge in [0.15, 0.2) is 5.65 Å². The zero-order valence-electron chi connectivity index (χ0n) is 10.8. The van der Waals surface area contributed by atoms with Gasteiger partial charge in [-0.05, 0) is 36.4 Å². The number of nitrogens with two attached hydrogens (primary N) is 1. The lowest BCUT2D eigenvalue weighted by Gasteiger charge is -2.07. The van der Waals surface area contributed by atoms with E-state index in [2.05, 4.69) is 10.1 Å². The van der Waals surface area contributed by atoms with E-state index < -0.39 is 5.91 Å². The Kier molecular flexibility index (Phi) is 2.83. The summed E-state index contributed by atoms with van der Waals surface area (Å²) in [7, 11) is 1.62. The summed E-state index contributed by atoms with van der Waals surface area (Å²) in [4.78, 5) is 15.5. The fraction of sp³-hybridized carbons (Fsp3) is 0.0714. The summed E-state index contributed by atoms with van der Waals surface area (Å²) in [5.74, 6) is 0.252. The number of hydrogen-bond acceptors (Lipinski definition) is 4. The third-order valence-corrected chi connectivity index (χ3v) is 3.08. The number of ether oxygens (including phenoxy) is 1. The van der Waals surface area contributed by atoms with Crippen molar-refractivity contribution in [3.8, 4) is 17.0 Å². The van der Waals surface area contributed by atoms with E-state index >= 15 is 0 Å². The number of hydrogen-bond donors (Lipinski definition) is 1. The fourth-order valence-electron chi connectivity index (χ4n) is 2.08. The van der Waals surface area contributed by atoms with E-state index in [4.69, 9.17) is 10.5 Å². The van der Waals surface area contributed by atoms with Crippen molar-refractivity contribution < 1.29 is 9.53 Å². The molecule has 0 aliphatic heterocycles. The summed E-state index contributed by atoms with van der Waals surface area (Å²) in [6.07, 6.45) is 1.40. The molecule has 2 aromatic heterocycles. The Morgan fingerprint density at radius 1 is 1.20 bits per heavy atom. The topological polar surface area (TPSA) is 82.5 Å². The second-order valence-corrected chi connectivity index (χ2v) is 4.22. The molecule has 2 heterocycles. The van der Waals surface area contributed by atoms with Crippen molar-refractivity contribution in [2.75, 3.05) is 7.11 Å². The van der Waals surface area contributed by atoms with Gasteiger partial charge in [-0.2, -0.15) is 5.10 Å². The van der Waals surface area contributed by atoms with Crippen molar-refractivity contribution in [2.45, 2.75) is 0 Å². The lowest BCUT2D eigenvalue weighted by atomic mass is 10.1. The van der Waals surface area contributed by atoms with E-state index in [1.54, 1.807) is 23.8 Å². The van der Waals surface area contributed by atoms with Crippen LogP contribution < -0.4 is 10.5 Å². The van der Waals surface area contributed by atoms with E-state index in [-0.39, 0.29) is 0 Å². The number of rotatable bonds is 3. The van der Waals surface area contributed by atoms with Crippen LogP contribution in [0.2, 0.25) is 0 Å². The maximum atomic E-state index is 11.4. The average molecular weight is 268 g/mol. The Labute approximate surface area is 114 Å². The number of carbonyl (C=O) groups is 1. The van der Waals surface area contributed by atoms with Gasteiger partial charge in [-0.15, -0.1) is 0 Å². The number of pyridine rings is 1. The molecular formula is C14H12N4O2. The number of fused-ring (bicyclic) bond motifs is 1. The lowest BCUT2D eigenvalue weighted by molar-refractivity contribution is 0.100. The summed E-state index contributed by atoms with van der Waals surface area (Å²) in [6, 6.07) is 11.0. The smallest absolute Gasteiger partial charge is 0.252 e. The summed E-state index contributed by atoms with van der Waals surface area (Å²) < 4.78 is 6.73. The summed E-state index contributed by atoms with van der Waals surface area (Å²) >= 11 is 0. The largest absolute Gasteiger partial charge is 0.497 e. The first kappa shape index (κ1) is 12.2. The molecule has 0 saturated heterocycles. The van der Waals surface area contributed by atoms with Gasteiger partial charge in [0, 0.05) is 5.56 Å². The van der Waals surface area contributed by atoms with Crippen LogP contribution in [-0.2, 0) is 0 Å². The van der Waals surface area contributed by atoms with Crippen molar-refractivity contribution >= 4 is 11.6 Å². The van der Waals surface area contributed by atoms with Gasteiger partial charge in [-0.1, -0.05) is 0 Å². The molecule has 1 amide bonds. The molecule has 0 spiro atoms. The second kappa shape index (κ2) is 4.65. The molecule has 20 heavy (non-hydrogen) atoms. The first-order valence-corrected chi connectivity index (χ1v) is 5.97. The number of aromatic nitrogens is 3. The van der Waals surface area contributed by atoms with Crippen LogP contribution in [-0.4, -0.2) is 27.6 Å². The van der Waals surface area contributed by atoms with E-state index in [1.807, 2.05) is 24.3 Å². The van der Waals surface area contributed by atoms with Gasteiger partial charge >= 0.3 is 0 Å². The molecule has 0 fully saturated rings. The van der Waals surface area contributed by atoms with Gasteiger partial charge < -0.3 is 10.5 Å². The van der Waals surface area contributed by atoms with Crippen LogP contribution in [0.5, 0.6) is 5.75 Å². The molecule has 0 radical (unpaired) electrons. The molecule has 0 aliphatic rings. The van der Waals surface area contributed by atoms with Gasteiger partial charge in [0.1, 0.15) is 12.1 Å². The highest BCUT2D eigenvalue weighted by molar-refractivity contribution is 5.99. The number of primary amides is 1. The maximum absolute atomic E-state index is 11.4. The summed E-state index contributed by atoms with van der Waals surface area (Å²) in [5.41, 5.74) is 7.89. The average Bonchev–Trinajstić information content (AvgIpc) is 2.95. The summed E-state index contributed by atoms with van der Waals surface area (Å²) in [5, 5.41) is 4.15.